The number of piperidine rings is 1. The Kier molecular flexibility index (Phi) is 3.00. The van der Waals surface area contributed by atoms with Crippen LogP contribution in [0.2, 0.25) is 0 Å². The summed E-state index contributed by atoms with van der Waals surface area (Å²) in [6, 6.07) is 6.51. The lowest BCUT2D eigenvalue weighted by molar-refractivity contribution is 0.0785. The number of hydrogen-bond donors (Lipinski definition) is 1. The monoisotopic (exact) mass is 272 g/mol. The van der Waals surface area contributed by atoms with Gasteiger partial charge < -0.3 is 15.0 Å². The maximum atomic E-state index is 12.6. The molecule has 20 heavy (non-hydrogen) atoms. The van der Waals surface area contributed by atoms with Gasteiger partial charge in [-0.1, -0.05) is 6.07 Å². The highest BCUT2D eigenvalue weighted by Crippen LogP contribution is 2.27. The maximum absolute atomic E-state index is 12.6. The maximum Gasteiger partial charge on any atom is 0.253 e. The Bertz CT molecular complexity index is 529. The van der Waals surface area contributed by atoms with Crippen molar-refractivity contribution in [2.45, 2.75) is 32.1 Å². The average molecular weight is 272 g/mol. The van der Waals surface area contributed by atoms with Gasteiger partial charge >= 0.3 is 0 Å². The minimum atomic E-state index is 0.177. The Balaban J connectivity index is 1.53. The molecule has 4 heteroatoms. The van der Waals surface area contributed by atoms with E-state index in [0.29, 0.717) is 25.2 Å². The van der Waals surface area contributed by atoms with Gasteiger partial charge in [0.15, 0.2) is 0 Å². The van der Waals surface area contributed by atoms with Gasteiger partial charge in [0.05, 0.1) is 13.2 Å². The Labute approximate surface area is 119 Å². The van der Waals surface area contributed by atoms with Crippen LogP contribution in [0.1, 0.15) is 34.3 Å². The lowest BCUT2D eigenvalue weighted by Gasteiger charge is -2.24. The van der Waals surface area contributed by atoms with Crippen LogP contribution in [0.25, 0.3) is 0 Å². The summed E-state index contributed by atoms with van der Waals surface area (Å²) in [7, 11) is 0. The van der Waals surface area contributed by atoms with Gasteiger partial charge in [0.2, 0.25) is 0 Å². The van der Waals surface area contributed by atoms with Crippen molar-refractivity contribution < 1.29 is 9.53 Å². The van der Waals surface area contributed by atoms with Gasteiger partial charge in [-0.25, -0.2) is 0 Å². The first-order valence-electron chi connectivity index (χ1n) is 7.53. The molecule has 0 radical (unpaired) electrons. The molecule has 2 saturated heterocycles. The number of benzene rings is 1. The van der Waals surface area contributed by atoms with Crippen molar-refractivity contribution in [3.05, 3.63) is 34.9 Å². The smallest absolute Gasteiger partial charge is 0.253 e. The molecule has 0 spiro atoms. The van der Waals surface area contributed by atoms with E-state index >= 15 is 0 Å². The van der Waals surface area contributed by atoms with Gasteiger partial charge in [0, 0.05) is 24.7 Å². The minimum Gasteiger partial charge on any atom is -0.372 e. The molecule has 3 aliphatic heterocycles. The first kappa shape index (κ1) is 12.4. The van der Waals surface area contributed by atoms with Crippen molar-refractivity contribution in [3.63, 3.8) is 0 Å². The highest BCUT2D eigenvalue weighted by molar-refractivity contribution is 5.94. The van der Waals surface area contributed by atoms with Crippen LogP contribution in [0.3, 0.4) is 0 Å². The zero-order valence-corrected chi connectivity index (χ0v) is 11.6. The van der Waals surface area contributed by atoms with Crippen LogP contribution in [-0.4, -0.2) is 36.5 Å². The Hall–Kier alpha value is -1.39. The molecule has 1 aromatic rings. The first-order chi connectivity index (χ1) is 9.81. The highest BCUT2D eigenvalue weighted by Gasteiger charge is 2.36. The molecule has 0 aliphatic carbocycles. The van der Waals surface area contributed by atoms with Gasteiger partial charge in [0.1, 0.15) is 0 Å². The third-order valence-corrected chi connectivity index (χ3v) is 4.85. The molecule has 2 atom stereocenters. The molecule has 1 amide bonds. The number of rotatable bonds is 1. The number of nitrogens with zero attached hydrogens (tertiary/aromatic N) is 1. The Morgan fingerprint density at radius 1 is 1.25 bits per heavy atom. The van der Waals surface area contributed by atoms with E-state index in [1.165, 1.54) is 24.0 Å². The van der Waals surface area contributed by atoms with Crippen molar-refractivity contribution in [2.24, 2.45) is 5.92 Å². The van der Waals surface area contributed by atoms with Crippen LogP contribution in [0.5, 0.6) is 0 Å². The number of carbonyl (C=O) groups is 1. The second-order valence-electron chi connectivity index (χ2n) is 6.15. The minimum absolute atomic E-state index is 0.177. The molecule has 1 aromatic carbocycles. The van der Waals surface area contributed by atoms with E-state index in [1.807, 2.05) is 23.1 Å². The van der Waals surface area contributed by atoms with Crippen LogP contribution in [-0.2, 0) is 18.0 Å². The predicted octanol–water partition coefficient (Wildman–Crippen LogP) is 1.54. The lowest BCUT2D eigenvalue weighted by atomic mass is 9.94. The SMILES string of the molecule is O=C(c1ccc2c(c1)COC2)N1CC2CCCNC2C1. The third kappa shape index (κ3) is 2.03. The second-order valence-corrected chi connectivity index (χ2v) is 6.15. The van der Waals surface area contributed by atoms with Crippen LogP contribution >= 0.6 is 0 Å². The van der Waals surface area contributed by atoms with Crippen molar-refractivity contribution in [3.8, 4) is 0 Å². The summed E-state index contributed by atoms with van der Waals surface area (Å²) in [4.78, 5) is 14.7. The fourth-order valence-electron chi connectivity index (χ4n) is 3.70. The zero-order valence-electron chi connectivity index (χ0n) is 11.6. The summed E-state index contributed by atoms with van der Waals surface area (Å²) in [5.74, 6) is 0.821. The number of carbonyl (C=O) groups excluding carboxylic acids is 1. The van der Waals surface area contributed by atoms with E-state index in [-0.39, 0.29) is 5.91 Å². The van der Waals surface area contributed by atoms with Gasteiger partial charge in [-0.05, 0) is 48.6 Å². The van der Waals surface area contributed by atoms with Crippen molar-refractivity contribution >= 4 is 5.91 Å². The first-order valence-corrected chi connectivity index (χ1v) is 7.53. The molecule has 0 bridgehead atoms. The van der Waals surface area contributed by atoms with Crippen LogP contribution in [0, 0.1) is 5.92 Å². The summed E-state index contributed by atoms with van der Waals surface area (Å²) >= 11 is 0. The quantitative estimate of drug-likeness (QED) is 0.843. The predicted molar refractivity (Wildman–Crippen MR) is 75.4 cm³/mol. The van der Waals surface area contributed by atoms with Gasteiger partial charge in [-0.3, -0.25) is 4.79 Å². The van der Waals surface area contributed by atoms with Crippen LogP contribution in [0.15, 0.2) is 18.2 Å². The van der Waals surface area contributed by atoms with E-state index in [2.05, 4.69) is 5.32 Å². The standard InChI is InChI=1S/C16H20N2O2/c19-16(11-3-4-13-9-20-10-14(13)6-11)18-7-12-2-1-5-17-15(12)8-18/h3-4,6,12,15,17H,1-2,5,7-10H2. The molecule has 2 unspecified atom stereocenters. The molecule has 2 fully saturated rings. The van der Waals surface area contributed by atoms with Crippen LogP contribution in [0.4, 0.5) is 0 Å². The van der Waals surface area contributed by atoms with Gasteiger partial charge in [-0.15, -0.1) is 0 Å². The number of amides is 1. The number of nitrogens with one attached hydrogen (secondary N) is 1. The number of fused-ring (bicyclic) bond motifs is 2. The summed E-state index contributed by atoms with van der Waals surface area (Å²) in [6.45, 7) is 4.19. The third-order valence-electron chi connectivity index (χ3n) is 4.85. The lowest BCUT2D eigenvalue weighted by Crippen LogP contribution is -2.41. The molecule has 4 rings (SSSR count). The van der Waals surface area contributed by atoms with E-state index in [0.717, 1.165) is 25.2 Å². The average Bonchev–Trinajstić information content (AvgIpc) is 3.11. The summed E-state index contributed by atoms with van der Waals surface area (Å²) < 4.78 is 5.42. The molecule has 4 nitrogen and oxygen atoms in total. The topological polar surface area (TPSA) is 41.6 Å². The fraction of sp³-hybridized carbons (Fsp3) is 0.562. The largest absolute Gasteiger partial charge is 0.372 e. The van der Waals surface area contributed by atoms with Crippen LogP contribution < -0.4 is 5.32 Å². The molecular weight excluding hydrogens is 252 g/mol. The molecule has 106 valence electrons. The van der Waals surface area contributed by atoms with Crippen molar-refractivity contribution in [1.82, 2.24) is 10.2 Å². The van der Waals surface area contributed by atoms with Crippen molar-refractivity contribution in [1.29, 1.82) is 0 Å². The van der Waals surface area contributed by atoms with E-state index < -0.39 is 0 Å². The van der Waals surface area contributed by atoms with E-state index in [9.17, 15) is 4.79 Å². The Morgan fingerprint density at radius 2 is 2.15 bits per heavy atom. The van der Waals surface area contributed by atoms with E-state index in [4.69, 9.17) is 4.74 Å². The fourth-order valence-corrected chi connectivity index (χ4v) is 3.70. The number of hydrogen-bond acceptors (Lipinski definition) is 3. The molecule has 0 aromatic heterocycles. The van der Waals surface area contributed by atoms with Gasteiger partial charge in [-0.2, -0.15) is 0 Å². The highest BCUT2D eigenvalue weighted by atomic mass is 16.5. The number of likely N-dealkylation sites (tertiary alicyclic amines) is 1. The molecule has 3 aliphatic rings. The Morgan fingerprint density at radius 3 is 3.05 bits per heavy atom. The van der Waals surface area contributed by atoms with E-state index in [1.54, 1.807) is 0 Å². The zero-order chi connectivity index (χ0) is 13.5. The molecule has 0 saturated carbocycles. The second kappa shape index (κ2) is 4.86. The number of ether oxygens (including phenoxy) is 1. The van der Waals surface area contributed by atoms with Gasteiger partial charge in [0.25, 0.3) is 5.91 Å². The normalized spacial score (nSPS) is 28.3. The summed E-state index contributed by atoms with van der Waals surface area (Å²) in [5.41, 5.74) is 3.21. The van der Waals surface area contributed by atoms with Crippen molar-refractivity contribution in [2.75, 3.05) is 19.6 Å². The molecule has 3 heterocycles. The summed E-state index contributed by atoms with van der Waals surface area (Å²) in [6.07, 6.45) is 2.48. The molecule has 1 N–H and O–H groups in total. The molecular formula is C16H20N2O2. The summed E-state index contributed by atoms with van der Waals surface area (Å²) in [5, 5.41) is 3.55.